The number of esters is 2. The molecule has 0 aromatic heterocycles. The molecular formula is C20H20O4. The van der Waals surface area contributed by atoms with E-state index in [1.807, 2.05) is 48.5 Å². The second-order valence-electron chi connectivity index (χ2n) is 5.19. The highest BCUT2D eigenvalue weighted by Gasteiger charge is 2.25. The first kappa shape index (κ1) is 17.5. The van der Waals surface area contributed by atoms with Gasteiger partial charge in [0, 0.05) is 0 Å². The third-order valence-corrected chi connectivity index (χ3v) is 3.40. The molecule has 1 unspecified atom stereocenters. The van der Waals surface area contributed by atoms with E-state index in [-0.39, 0.29) is 18.6 Å². The van der Waals surface area contributed by atoms with Crippen molar-refractivity contribution in [1.82, 2.24) is 0 Å². The average molecular weight is 324 g/mol. The van der Waals surface area contributed by atoms with E-state index in [0.29, 0.717) is 5.56 Å². The molecule has 0 amide bonds. The summed E-state index contributed by atoms with van der Waals surface area (Å²) in [6.45, 7) is 5.70. The Morgan fingerprint density at radius 3 is 2.17 bits per heavy atom. The zero-order valence-corrected chi connectivity index (χ0v) is 13.6. The lowest BCUT2D eigenvalue weighted by molar-refractivity contribution is -0.149. The molecule has 1 atom stereocenters. The number of carbonyl (C=O) groups excluding carboxylic acids is 2. The summed E-state index contributed by atoms with van der Waals surface area (Å²) < 4.78 is 10.5. The maximum absolute atomic E-state index is 12.3. The minimum Gasteiger partial charge on any atom is -0.463 e. The van der Waals surface area contributed by atoms with Gasteiger partial charge in [0.2, 0.25) is 0 Å². The van der Waals surface area contributed by atoms with Crippen molar-refractivity contribution in [2.45, 2.75) is 19.4 Å². The van der Waals surface area contributed by atoms with E-state index in [1.54, 1.807) is 19.1 Å². The largest absolute Gasteiger partial charge is 0.463 e. The van der Waals surface area contributed by atoms with Gasteiger partial charge in [0.15, 0.2) is 6.10 Å². The molecule has 0 spiro atoms. The van der Waals surface area contributed by atoms with Crippen LogP contribution in [0.3, 0.4) is 0 Å². The van der Waals surface area contributed by atoms with Crippen molar-refractivity contribution in [3.05, 3.63) is 83.9 Å². The van der Waals surface area contributed by atoms with Gasteiger partial charge in [-0.15, -0.1) is 0 Å². The fourth-order valence-electron chi connectivity index (χ4n) is 2.23. The molecule has 0 heterocycles. The molecule has 2 aromatic rings. The van der Waals surface area contributed by atoms with Crippen molar-refractivity contribution in [3.8, 4) is 0 Å². The lowest BCUT2D eigenvalue weighted by Gasteiger charge is -2.19. The molecule has 0 bridgehead atoms. The van der Waals surface area contributed by atoms with Crippen molar-refractivity contribution in [2.24, 2.45) is 0 Å². The zero-order valence-electron chi connectivity index (χ0n) is 13.6. The lowest BCUT2D eigenvalue weighted by Crippen LogP contribution is -2.20. The van der Waals surface area contributed by atoms with Gasteiger partial charge in [-0.1, -0.05) is 67.2 Å². The van der Waals surface area contributed by atoms with E-state index in [9.17, 15) is 9.59 Å². The Balaban J connectivity index is 2.15. The van der Waals surface area contributed by atoms with Crippen LogP contribution < -0.4 is 0 Å². The first-order chi connectivity index (χ1) is 11.6. The fourth-order valence-corrected chi connectivity index (χ4v) is 2.23. The molecule has 0 saturated carbocycles. The normalized spacial score (nSPS) is 11.4. The molecule has 124 valence electrons. The summed E-state index contributed by atoms with van der Waals surface area (Å²) in [5.74, 6) is -1.00. The van der Waals surface area contributed by atoms with E-state index >= 15 is 0 Å². The third kappa shape index (κ3) is 4.81. The molecule has 0 radical (unpaired) electrons. The minimum atomic E-state index is -0.860. The molecule has 4 heteroatoms. The van der Waals surface area contributed by atoms with Gasteiger partial charge in [-0.05, 0) is 18.1 Å². The molecular weight excluding hydrogens is 304 g/mol. The molecule has 2 aromatic carbocycles. The number of rotatable bonds is 7. The fraction of sp³-hybridized carbons (Fsp3) is 0.200. The van der Waals surface area contributed by atoms with Crippen LogP contribution in [0.25, 0.3) is 0 Å². The van der Waals surface area contributed by atoms with Crippen LogP contribution in [0.4, 0.5) is 0 Å². The summed E-state index contributed by atoms with van der Waals surface area (Å²) in [5, 5.41) is 0. The van der Waals surface area contributed by atoms with E-state index < -0.39 is 18.0 Å². The van der Waals surface area contributed by atoms with Crippen molar-refractivity contribution >= 4 is 11.9 Å². The van der Waals surface area contributed by atoms with Crippen LogP contribution in [0.1, 0.15) is 24.2 Å². The smallest absolute Gasteiger partial charge is 0.337 e. The van der Waals surface area contributed by atoms with Gasteiger partial charge >= 0.3 is 11.9 Å². The molecule has 0 aliphatic rings. The summed E-state index contributed by atoms with van der Waals surface area (Å²) in [6, 6.07) is 18.3. The average Bonchev–Trinajstić information content (AvgIpc) is 2.61. The van der Waals surface area contributed by atoms with E-state index in [1.165, 1.54) is 0 Å². The van der Waals surface area contributed by atoms with Crippen LogP contribution in [-0.2, 0) is 25.5 Å². The maximum atomic E-state index is 12.3. The molecule has 4 nitrogen and oxygen atoms in total. The first-order valence-electron chi connectivity index (χ1n) is 7.76. The summed E-state index contributed by atoms with van der Waals surface area (Å²) in [5.41, 5.74) is 1.62. The minimum absolute atomic E-state index is 0.101. The van der Waals surface area contributed by atoms with Crippen LogP contribution in [0.2, 0.25) is 0 Å². The highest BCUT2D eigenvalue weighted by Crippen LogP contribution is 2.26. The quantitative estimate of drug-likeness (QED) is 0.576. The van der Waals surface area contributed by atoms with Crippen molar-refractivity contribution in [1.29, 1.82) is 0 Å². The Bertz CT molecular complexity index is 692. The van der Waals surface area contributed by atoms with Gasteiger partial charge in [0.25, 0.3) is 0 Å². The van der Waals surface area contributed by atoms with Gasteiger partial charge in [-0.25, -0.2) is 4.79 Å². The maximum Gasteiger partial charge on any atom is 0.337 e. The number of carbonyl (C=O) groups is 2. The molecule has 0 saturated heterocycles. The topological polar surface area (TPSA) is 52.6 Å². The van der Waals surface area contributed by atoms with Gasteiger partial charge in [-0.2, -0.15) is 0 Å². The van der Waals surface area contributed by atoms with Gasteiger partial charge in [0.05, 0.1) is 18.6 Å². The molecule has 0 N–H and O–H groups in total. The van der Waals surface area contributed by atoms with E-state index in [0.717, 1.165) is 5.56 Å². The van der Waals surface area contributed by atoms with Gasteiger partial charge in [0.1, 0.15) is 0 Å². The van der Waals surface area contributed by atoms with E-state index in [2.05, 4.69) is 6.58 Å². The molecule has 0 aliphatic heterocycles. The van der Waals surface area contributed by atoms with Crippen LogP contribution >= 0.6 is 0 Å². The standard InChI is InChI=1S/C20H20O4/c1-3-23-20(22)15(2)19(17-12-8-5-9-13-17)24-18(21)14-16-10-6-4-7-11-16/h4-13,19H,2-3,14H2,1H3. The van der Waals surface area contributed by atoms with Crippen molar-refractivity contribution in [3.63, 3.8) is 0 Å². The predicted molar refractivity (Wildman–Crippen MR) is 91.2 cm³/mol. The Kier molecular flexibility index (Phi) is 6.32. The first-order valence-corrected chi connectivity index (χ1v) is 7.76. The highest BCUT2D eigenvalue weighted by atomic mass is 16.6. The summed E-state index contributed by atoms with van der Waals surface area (Å²) in [4.78, 5) is 24.3. The molecule has 0 aliphatic carbocycles. The SMILES string of the molecule is C=C(C(=O)OCC)C(OC(=O)Cc1ccccc1)c1ccccc1. The van der Waals surface area contributed by atoms with Gasteiger partial charge in [-0.3, -0.25) is 4.79 Å². The van der Waals surface area contributed by atoms with Gasteiger partial charge < -0.3 is 9.47 Å². The molecule has 24 heavy (non-hydrogen) atoms. The second-order valence-corrected chi connectivity index (χ2v) is 5.19. The highest BCUT2D eigenvalue weighted by molar-refractivity contribution is 5.89. The summed E-state index contributed by atoms with van der Waals surface area (Å²) in [7, 11) is 0. The third-order valence-electron chi connectivity index (χ3n) is 3.40. The van der Waals surface area contributed by atoms with E-state index in [4.69, 9.17) is 9.47 Å². The van der Waals surface area contributed by atoms with Crippen LogP contribution in [0, 0.1) is 0 Å². The number of hydrogen-bond donors (Lipinski definition) is 0. The monoisotopic (exact) mass is 324 g/mol. The number of hydrogen-bond acceptors (Lipinski definition) is 4. The Morgan fingerprint density at radius 1 is 1.00 bits per heavy atom. The Hall–Kier alpha value is -2.88. The number of benzene rings is 2. The zero-order chi connectivity index (χ0) is 17.4. The van der Waals surface area contributed by atoms with Crippen LogP contribution in [0.15, 0.2) is 72.8 Å². The second kappa shape index (κ2) is 8.67. The van der Waals surface area contributed by atoms with Crippen LogP contribution in [0.5, 0.6) is 0 Å². The van der Waals surface area contributed by atoms with Crippen LogP contribution in [-0.4, -0.2) is 18.5 Å². The predicted octanol–water partition coefficient (Wildman–Crippen LogP) is 3.63. The Labute approximate surface area is 141 Å². The lowest BCUT2D eigenvalue weighted by atomic mass is 10.0. The summed E-state index contributed by atoms with van der Waals surface area (Å²) >= 11 is 0. The van der Waals surface area contributed by atoms with Crippen molar-refractivity contribution < 1.29 is 19.1 Å². The molecule has 0 fully saturated rings. The van der Waals surface area contributed by atoms with Crippen molar-refractivity contribution in [2.75, 3.05) is 6.61 Å². The summed E-state index contributed by atoms with van der Waals surface area (Å²) in [6.07, 6.45) is -0.734. The molecule has 2 rings (SSSR count). The Morgan fingerprint density at radius 2 is 1.58 bits per heavy atom. The number of ether oxygens (including phenoxy) is 2.